The first-order valence-corrected chi connectivity index (χ1v) is 11.3. The van der Waals surface area contributed by atoms with Crippen molar-refractivity contribution in [3.8, 4) is 17.6 Å². The lowest BCUT2D eigenvalue weighted by Crippen LogP contribution is -2.38. The molecule has 0 bridgehead atoms. The van der Waals surface area contributed by atoms with E-state index < -0.39 is 18.1 Å². The molecule has 2 atom stereocenters. The maximum Gasteiger partial charge on any atom is 0.269 e. The molecule has 0 fully saturated rings. The first-order valence-electron chi connectivity index (χ1n) is 10.9. The van der Waals surface area contributed by atoms with Crippen molar-refractivity contribution < 1.29 is 19.4 Å². The number of aryl methyl sites for hydroxylation is 1. The van der Waals surface area contributed by atoms with Gasteiger partial charge in [-0.15, -0.1) is 0 Å². The normalized spacial score (nSPS) is 12.6. The molecule has 0 radical (unpaired) electrons. The van der Waals surface area contributed by atoms with Crippen LogP contribution in [0.2, 0.25) is 5.02 Å². The lowest BCUT2D eigenvalue weighted by atomic mass is 10.2. The van der Waals surface area contributed by atoms with Crippen molar-refractivity contribution in [3.05, 3.63) is 65.2 Å². The smallest absolute Gasteiger partial charge is 0.269 e. The van der Waals surface area contributed by atoms with Gasteiger partial charge in [0.2, 0.25) is 12.0 Å². The van der Waals surface area contributed by atoms with Crippen LogP contribution >= 0.6 is 11.6 Å². The van der Waals surface area contributed by atoms with Crippen LogP contribution in [0.4, 0.5) is 5.82 Å². The zero-order valence-electron chi connectivity index (χ0n) is 19.4. The highest BCUT2D eigenvalue weighted by molar-refractivity contribution is 6.32. The second kappa shape index (κ2) is 11.1. The summed E-state index contributed by atoms with van der Waals surface area (Å²) in [5, 5.41) is 26.6. The molecule has 0 saturated heterocycles. The van der Waals surface area contributed by atoms with Gasteiger partial charge in [0.15, 0.2) is 5.65 Å². The van der Waals surface area contributed by atoms with Crippen LogP contribution < -0.4 is 10.1 Å². The number of anilines is 1. The fourth-order valence-corrected chi connectivity index (χ4v) is 3.51. The van der Waals surface area contributed by atoms with Crippen molar-refractivity contribution >= 4 is 34.4 Å². The van der Waals surface area contributed by atoms with Crippen molar-refractivity contribution in [2.45, 2.75) is 26.1 Å². The first kappa shape index (κ1) is 25.0. The van der Waals surface area contributed by atoms with Crippen LogP contribution in [0, 0.1) is 18.3 Å². The van der Waals surface area contributed by atoms with Crippen LogP contribution in [0.1, 0.15) is 18.1 Å². The average molecular weight is 508 g/mol. The summed E-state index contributed by atoms with van der Waals surface area (Å²) in [6.07, 6.45) is 2.69. The van der Waals surface area contributed by atoms with Gasteiger partial charge in [-0.25, -0.2) is 19.6 Å². The van der Waals surface area contributed by atoms with Crippen LogP contribution in [0.25, 0.3) is 16.7 Å². The number of nitrogens with zero attached hydrogens (tertiary/aromatic N) is 6. The summed E-state index contributed by atoms with van der Waals surface area (Å²) in [6.45, 7) is 3.16. The maximum absolute atomic E-state index is 13.1. The van der Waals surface area contributed by atoms with Crippen molar-refractivity contribution in [2.24, 2.45) is 0 Å². The molecule has 184 valence electrons. The number of carbonyl (C=O) groups excluding carboxylic acids is 1. The lowest BCUT2D eigenvalue weighted by molar-refractivity contribution is -0.127. The van der Waals surface area contributed by atoms with E-state index in [1.165, 1.54) is 17.2 Å². The molecule has 1 amide bonds. The van der Waals surface area contributed by atoms with Crippen molar-refractivity contribution in [2.75, 3.05) is 18.5 Å². The number of benzene rings is 1. The third-order valence-electron chi connectivity index (χ3n) is 5.15. The van der Waals surface area contributed by atoms with E-state index in [-0.39, 0.29) is 19.1 Å². The summed E-state index contributed by atoms with van der Waals surface area (Å²) in [7, 11) is 0. The molecule has 4 rings (SSSR count). The van der Waals surface area contributed by atoms with E-state index in [1.54, 1.807) is 37.4 Å². The second-order valence-electron chi connectivity index (χ2n) is 7.86. The van der Waals surface area contributed by atoms with Gasteiger partial charge in [0.1, 0.15) is 29.3 Å². The summed E-state index contributed by atoms with van der Waals surface area (Å²) < 4.78 is 12.9. The number of hydrogen-bond donors (Lipinski definition) is 2. The number of ether oxygens (including phenoxy) is 2. The molecule has 1 aromatic carbocycles. The molecule has 0 spiro atoms. The molecular formula is C24H22ClN7O4. The molecule has 0 aliphatic heterocycles. The summed E-state index contributed by atoms with van der Waals surface area (Å²) in [5.41, 5.74) is 1.94. The minimum absolute atomic E-state index is 0.0779. The fourth-order valence-electron chi connectivity index (χ4n) is 3.25. The minimum atomic E-state index is -1.14. The van der Waals surface area contributed by atoms with Crippen LogP contribution in [0.5, 0.6) is 5.88 Å². The summed E-state index contributed by atoms with van der Waals surface area (Å²) >= 11 is 6.35. The van der Waals surface area contributed by atoms with Crippen molar-refractivity contribution in [1.29, 1.82) is 5.26 Å². The average Bonchev–Trinajstić information content (AvgIpc) is 3.31. The van der Waals surface area contributed by atoms with E-state index in [1.807, 2.05) is 13.0 Å². The largest absolute Gasteiger partial charge is 0.461 e. The Bertz CT molecular complexity index is 1420. The van der Waals surface area contributed by atoms with Crippen LogP contribution in [-0.2, 0) is 9.53 Å². The highest BCUT2D eigenvalue weighted by atomic mass is 35.5. The molecule has 0 aliphatic carbocycles. The van der Waals surface area contributed by atoms with E-state index in [0.29, 0.717) is 33.1 Å². The number of carbonyl (C=O) groups is 1. The predicted octanol–water partition coefficient (Wildman–Crippen LogP) is 2.83. The van der Waals surface area contributed by atoms with Crippen LogP contribution in [-0.4, -0.2) is 61.2 Å². The molecule has 3 aromatic heterocycles. The number of pyridine rings is 1. The zero-order chi connectivity index (χ0) is 25.7. The molecule has 11 nitrogen and oxygen atoms in total. The Balaban J connectivity index is 1.66. The molecule has 0 saturated carbocycles. The maximum atomic E-state index is 13.1. The highest BCUT2D eigenvalue weighted by Gasteiger charge is 2.25. The Morgan fingerprint density at radius 3 is 2.81 bits per heavy atom. The number of nitriles is 1. The van der Waals surface area contributed by atoms with Gasteiger partial charge in [-0.1, -0.05) is 23.7 Å². The van der Waals surface area contributed by atoms with Gasteiger partial charge in [0.05, 0.1) is 36.1 Å². The molecule has 36 heavy (non-hydrogen) atoms. The van der Waals surface area contributed by atoms with Gasteiger partial charge in [-0.3, -0.25) is 4.79 Å². The summed E-state index contributed by atoms with van der Waals surface area (Å²) in [4.78, 5) is 25.7. The fraction of sp³-hybridized carbons (Fsp3) is 0.250. The topological polar surface area (TPSA) is 148 Å². The third-order valence-corrected chi connectivity index (χ3v) is 5.45. The molecule has 0 unspecified atom stereocenters. The van der Waals surface area contributed by atoms with E-state index in [4.69, 9.17) is 21.1 Å². The monoisotopic (exact) mass is 507 g/mol. The predicted molar refractivity (Wildman–Crippen MR) is 131 cm³/mol. The molecule has 4 aromatic rings. The van der Waals surface area contributed by atoms with Gasteiger partial charge in [-0.2, -0.15) is 10.4 Å². The van der Waals surface area contributed by atoms with Gasteiger partial charge in [0.25, 0.3) is 5.91 Å². The second-order valence-corrected chi connectivity index (χ2v) is 8.27. The number of rotatable bonds is 9. The van der Waals surface area contributed by atoms with Crippen LogP contribution in [0.15, 0.2) is 49.1 Å². The number of aliphatic hydroxyl groups excluding tert-OH is 1. The SMILES string of the molecule is Cc1ccc(NC(=O)[C@H](CO[C@H](C)CO)Oc2ncnc3c2cnn3-c2c(Cl)cccc2C#N)nc1. The molecule has 2 N–H and O–H groups in total. The quantitative estimate of drug-likeness (QED) is 0.348. The number of para-hydroxylation sites is 1. The van der Waals surface area contributed by atoms with Gasteiger partial charge >= 0.3 is 0 Å². The highest BCUT2D eigenvalue weighted by Crippen LogP contribution is 2.29. The first-order chi connectivity index (χ1) is 17.4. The number of halogens is 1. The van der Waals surface area contributed by atoms with Gasteiger partial charge in [-0.05, 0) is 37.6 Å². The van der Waals surface area contributed by atoms with Crippen molar-refractivity contribution in [1.82, 2.24) is 24.7 Å². The minimum Gasteiger partial charge on any atom is -0.461 e. The summed E-state index contributed by atoms with van der Waals surface area (Å²) in [5.74, 6) is -0.0968. The number of fused-ring (bicyclic) bond motifs is 1. The van der Waals surface area contributed by atoms with E-state index >= 15 is 0 Å². The Kier molecular flexibility index (Phi) is 7.70. The Morgan fingerprint density at radius 1 is 1.25 bits per heavy atom. The van der Waals surface area contributed by atoms with E-state index in [0.717, 1.165) is 5.56 Å². The standard InChI is InChI=1S/C24H22ClN7O4/c1-14-6-7-20(27-9-14)31-23(34)19(12-35-15(2)11-33)36-24-17-10-30-32(22(17)28-13-29-24)21-16(8-26)4-3-5-18(21)25/h3-7,9-10,13,15,19,33H,11-12H2,1-2H3,(H,27,31,34)/t15-,19+/m1/s1. The van der Waals surface area contributed by atoms with Gasteiger partial charge in [0, 0.05) is 6.20 Å². The van der Waals surface area contributed by atoms with Gasteiger partial charge < -0.3 is 19.9 Å². The number of aromatic nitrogens is 5. The number of nitrogens with one attached hydrogen (secondary N) is 1. The third kappa shape index (κ3) is 5.41. The van der Waals surface area contributed by atoms with E-state index in [9.17, 15) is 15.2 Å². The van der Waals surface area contributed by atoms with E-state index in [2.05, 4.69) is 31.4 Å². The number of amides is 1. The molecule has 0 aliphatic rings. The Morgan fingerprint density at radius 2 is 2.08 bits per heavy atom. The summed E-state index contributed by atoms with van der Waals surface area (Å²) in [6, 6.07) is 10.5. The molecule has 12 heteroatoms. The van der Waals surface area contributed by atoms with Crippen LogP contribution in [0.3, 0.4) is 0 Å². The Labute approximate surface area is 211 Å². The number of aliphatic hydroxyl groups is 1. The molecule has 3 heterocycles. The number of hydrogen-bond acceptors (Lipinski definition) is 9. The molecular weight excluding hydrogens is 486 g/mol. The lowest BCUT2D eigenvalue weighted by Gasteiger charge is -2.20. The van der Waals surface area contributed by atoms with Crippen molar-refractivity contribution in [3.63, 3.8) is 0 Å². The zero-order valence-corrected chi connectivity index (χ0v) is 20.2. The Hall–Kier alpha value is -4.11.